The topological polar surface area (TPSA) is 93.8 Å². The average Bonchev–Trinajstić information content (AvgIpc) is 3.05. The molecular formula is C23H24N6O2. The number of carbonyl (C=O) groups excluding carboxylic acids is 1. The molecule has 8 nitrogen and oxygen atoms in total. The zero-order valence-corrected chi connectivity index (χ0v) is 17.7. The SMILES string of the molecule is CC(C)(C)n1c(=O)n(-c2ccnc(NC(=O)NCc3ccccn3)c2)c2ccccc21. The van der Waals surface area contributed by atoms with Gasteiger partial charge in [-0.3, -0.25) is 19.4 Å². The van der Waals surface area contributed by atoms with E-state index in [0.29, 0.717) is 18.1 Å². The molecule has 0 fully saturated rings. The second kappa shape index (κ2) is 8.06. The monoisotopic (exact) mass is 416 g/mol. The number of anilines is 1. The lowest BCUT2D eigenvalue weighted by Crippen LogP contribution is -2.34. The molecule has 2 amide bonds. The van der Waals surface area contributed by atoms with Crippen molar-refractivity contribution in [2.75, 3.05) is 5.32 Å². The average molecular weight is 416 g/mol. The lowest BCUT2D eigenvalue weighted by atomic mass is 10.1. The van der Waals surface area contributed by atoms with Crippen LogP contribution in [0.3, 0.4) is 0 Å². The van der Waals surface area contributed by atoms with E-state index in [1.165, 1.54) is 0 Å². The number of rotatable bonds is 4. The van der Waals surface area contributed by atoms with Crippen LogP contribution in [0.25, 0.3) is 16.7 Å². The highest BCUT2D eigenvalue weighted by molar-refractivity contribution is 5.88. The van der Waals surface area contributed by atoms with Crippen LogP contribution in [-0.2, 0) is 12.1 Å². The molecule has 0 aliphatic rings. The Morgan fingerprint density at radius 1 is 0.968 bits per heavy atom. The van der Waals surface area contributed by atoms with Gasteiger partial charge >= 0.3 is 11.7 Å². The number of amides is 2. The summed E-state index contributed by atoms with van der Waals surface area (Å²) in [7, 11) is 0. The third kappa shape index (κ3) is 4.18. The zero-order valence-electron chi connectivity index (χ0n) is 17.7. The van der Waals surface area contributed by atoms with Crippen molar-refractivity contribution in [3.8, 4) is 5.69 Å². The molecule has 0 spiro atoms. The fraction of sp³-hybridized carbons (Fsp3) is 0.217. The Kier molecular flexibility index (Phi) is 5.29. The minimum Gasteiger partial charge on any atom is -0.332 e. The van der Waals surface area contributed by atoms with Crippen LogP contribution in [0.15, 0.2) is 71.8 Å². The van der Waals surface area contributed by atoms with Gasteiger partial charge in [0.25, 0.3) is 0 Å². The van der Waals surface area contributed by atoms with E-state index in [4.69, 9.17) is 0 Å². The van der Waals surface area contributed by atoms with Gasteiger partial charge in [-0.05, 0) is 51.1 Å². The Bertz CT molecular complexity index is 1280. The molecule has 0 atom stereocenters. The molecule has 0 aliphatic heterocycles. The molecule has 4 aromatic rings. The maximum absolute atomic E-state index is 13.3. The summed E-state index contributed by atoms with van der Waals surface area (Å²) in [4.78, 5) is 34.0. The zero-order chi connectivity index (χ0) is 22.0. The van der Waals surface area contributed by atoms with Crippen LogP contribution < -0.4 is 16.3 Å². The molecule has 3 aromatic heterocycles. The van der Waals surface area contributed by atoms with Gasteiger partial charge in [0.1, 0.15) is 5.82 Å². The van der Waals surface area contributed by atoms with Crippen molar-refractivity contribution in [2.45, 2.75) is 32.9 Å². The second-order valence-electron chi connectivity index (χ2n) is 8.14. The standard InChI is InChI=1S/C23H24N6O2/c1-23(2,3)29-19-10-5-4-9-18(19)28(22(29)31)17-11-13-25-20(14-17)27-21(30)26-15-16-8-6-7-12-24-16/h4-14H,15H2,1-3H3,(H2,25,26,27,30). The Morgan fingerprint density at radius 3 is 2.42 bits per heavy atom. The van der Waals surface area contributed by atoms with E-state index >= 15 is 0 Å². The van der Waals surface area contributed by atoms with Gasteiger partial charge in [0.05, 0.1) is 29.0 Å². The van der Waals surface area contributed by atoms with E-state index in [0.717, 1.165) is 16.7 Å². The molecule has 2 N–H and O–H groups in total. The van der Waals surface area contributed by atoms with Gasteiger partial charge in [-0.1, -0.05) is 18.2 Å². The van der Waals surface area contributed by atoms with Crippen LogP contribution in [0, 0.1) is 0 Å². The second-order valence-corrected chi connectivity index (χ2v) is 8.14. The van der Waals surface area contributed by atoms with Gasteiger partial charge in [0, 0.05) is 24.0 Å². The van der Waals surface area contributed by atoms with Gasteiger partial charge in [0.15, 0.2) is 0 Å². The highest BCUT2D eigenvalue weighted by atomic mass is 16.2. The molecule has 3 heterocycles. The molecule has 8 heteroatoms. The van der Waals surface area contributed by atoms with E-state index in [1.807, 2.05) is 63.2 Å². The van der Waals surface area contributed by atoms with E-state index in [9.17, 15) is 9.59 Å². The number of nitrogens with one attached hydrogen (secondary N) is 2. The Balaban J connectivity index is 1.63. The van der Waals surface area contributed by atoms with Crippen molar-refractivity contribution in [3.63, 3.8) is 0 Å². The number of urea groups is 1. The van der Waals surface area contributed by atoms with Crippen molar-refractivity contribution in [1.82, 2.24) is 24.4 Å². The van der Waals surface area contributed by atoms with Gasteiger partial charge in [-0.15, -0.1) is 0 Å². The summed E-state index contributed by atoms with van der Waals surface area (Å²) in [6, 6.07) is 16.2. The van der Waals surface area contributed by atoms with Gasteiger partial charge in [0.2, 0.25) is 0 Å². The predicted octanol–water partition coefficient (Wildman–Crippen LogP) is 3.66. The first-order valence-electron chi connectivity index (χ1n) is 9.99. The number of pyridine rings is 2. The summed E-state index contributed by atoms with van der Waals surface area (Å²) in [6.07, 6.45) is 3.24. The molecule has 31 heavy (non-hydrogen) atoms. The van der Waals surface area contributed by atoms with E-state index in [1.54, 1.807) is 33.7 Å². The van der Waals surface area contributed by atoms with Crippen molar-refractivity contribution in [2.24, 2.45) is 0 Å². The first kappa shape index (κ1) is 20.3. The fourth-order valence-electron chi connectivity index (χ4n) is 3.51. The minimum atomic E-state index is -0.403. The van der Waals surface area contributed by atoms with Crippen molar-refractivity contribution >= 4 is 22.9 Å². The first-order chi connectivity index (χ1) is 14.8. The summed E-state index contributed by atoms with van der Waals surface area (Å²) in [5.41, 5.74) is 2.48. The van der Waals surface area contributed by atoms with Crippen molar-refractivity contribution in [1.29, 1.82) is 0 Å². The highest BCUT2D eigenvalue weighted by Gasteiger charge is 2.23. The number of hydrogen-bond acceptors (Lipinski definition) is 4. The number of fused-ring (bicyclic) bond motifs is 1. The Hall–Kier alpha value is -3.94. The van der Waals surface area contributed by atoms with E-state index in [2.05, 4.69) is 20.6 Å². The lowest BCUT2D eigenvalue weighted by Gasteiger charge is -2.20. The number of para-hydroxylation sites is 2. The van der Waals surface area contributed by atoms with Crippen LogP contribution >= 0.6 is 0 Å². The van der Waals surface area contributed by atoms with Crippen LogP contribution in [0.5, 0.6) is 0 Å². The molecule has 0 saturated carbocycles. The Labute approximate surface area is 179 Å². The molecule has 4 rings (SSSR count). The third-order valence-electron chi connectivity index (χ3n) is 4.82. The van der Waals surface area contributed by atoms with Crippen molar-refractivity contribution < 1.29 is 4.79 Å². The van der Waals surface area contributed by atoms with E-state index < -0.39 is 6.03 Å². The summed E-state index contributed by atoms with van der Waals surface area (Å²) in [5.74, 6) is 0.343. The molecule has 158 valence electrons. The largest absolute Gasteiger partial charge is 0.334 e. The van der Waals surface area contributed by atoms with Gasteiger partial charge in [-0.2, -0.15) is 0 Å². The van der Waals surface area contributed by atoms with Crippen molar-refractivity contribution in [3.05, 3.63) is 83.2 Å². The summed E-state index contributed by atoms with van der Waals surface area (Å²) in [5, 5.41) is 5.46. The fourth-order valence-corrected chi connectivity index (χ4v) is 3.51. The molecule has 0 bridgehead atoms. The summed E-state index contributed by atoms with van der Waals surface area (Å²) >= 11 is 0. The quantitative estimate of drug-likeness (QED) is 0.531. The van der Waals surface area contributed by atoms with Gasteiger partial charge in [-0.25, -0.2) is 14.6 Å². The number of imidazole rings is 1. The van der Waals surface area contributed by atoms with E-state index in [-0.39, 0.29) is 11.2 Å². The van der Waals surface area contributed by atoms with Gasteiger partial charge < -0.3 is 5.32 Å². The first-order valence-corrected chi connectivity index (χ1v) is 9.99. The smallest absolute Gasteiger partial charge is 0.332 e. The summed E-state index contributed by atoms with van der Waals surface area (Å²) in [6.45, 7) is 6.29. The number of nitrogens with zero attached hydrogens (tertiary/aromatic N) is 4. The number of benzene rings is 1. The third-order valence-corrected chi connectivity index (χ3v) is 4.82. The lowest BCUT2D eigenvalue weighted by molar-refractivity contribution is 0.251. The maximum Gasteiger partial charge on any atom is 0.334 e. The Morgan fingerprint density at radius 2 is 1.71 bits per heavy atom. The molecule has 0 aliphatic carbocycles. The normalized spacial score (nSPS) is 11.5. The molecular weight excluding hydrogens is 392 g/mol. The number of carbonyl (C=O) groups is 1. The molecule has 0 saturated heterocycles. The molecule has 0 radical (unpaired) electrons. The van der Waals surface area contributed by atoms with Crippen LogP contribution in [0.4, 0.5) is 10.6 Å². The highest BCUT2D eigenvalue weighted by Crippen LogP contribution is 2.23. The predicted molar refractivity (Wildman–Crippen MR) is 120 cm³/mol. The maximum atomic E-state index is 13.3. The number of aromatic nitrogens is 4. The van der Waals surface area contributed by atoms with Crippen LogP contribution in [-0.4, -0.2) is 25.1 Å². The minimum absolute atomic E-state index is 0.148. The molecule has 0 unspecified atom stereocenters. The van der Waals surface area contributed by atoms with Crippen LogP contribution in [0.2, 0.25) is 0 Å². The van der Waals surface area contributed by atoms with Crippen LogP contribution in [0.1, 0.15) is 26.5 Å². The molecule has 1 aromatic carbocycles. The number of hydrogen-bond donors (Lipinski definition) is 2. The summed E-state index contributed by atoms with van der Waals surface area (Å²) < 4.78 is 3.41.